The number of carbonyl (C=O) groups excluding carboxylic acids is 1. The molecule has 8 heteroatoms. The van der Waals surface area contributed by atoms with E-state index >= 15 is 0 Å². The Morgan fingerprint density at radius 1 is 1.17 bits per heavy atom. The molecule has 0 unspecified atom stereocenters. The molecule has 156 valence electrons. The molecule has 8 nitrogen and oxygen atoms in total. The molecule has 0 bridgehead atoms. The molecule has 2 aromatic heterocycles. The van der Waals surface area contributed by atoms with Crippen molar-refractivity contribution in [1.82, 2.24) is 25.1 Å². The quantitative estimate of drug-likeness (QED) is 0.701. The van der Waals surface area contributed by atoms with Crippen molar-refractivity contribution < 1.29 is 9.53 Å². The summed E-state index contributed by atoms with van der Waals surface area (Å²) < 4.78 is 6.12. The minimum absolute atomic E-state index is 0.0374. The second kappa shape index (κ2) is 6.97. The van der Waals surface area contributed by atoms with Gasteiger partial charge in [-0.1, -0.05) is 0 Å². The fourth-order valence-corrected chi connectivity index (χ4v) is 3.89. The summed E-state index contributed by atoms with van der Waals surface area (Å²) in [4.78, 5) is 25.2. The zero-order valence-corrected chi connectivity index (χ0v) is 17.6. The Balaban J connectivity index is 1.43. The maximum atomic E-state index is 12.5. The zero-order chi connectivity index (χ0) is 20.9. The number of hydrogen-bond donors (Lipinski definition) is 1. The number of fused-ring (bicyclic) bond motifs is 1. The lowest BCUT2D eigenvalue weighted by Crippen LogP contribution is -2.53. The normalized spacial score (nSPS) is 18.3. The lowest BCUT2D eigenvalue weighted by molar-refractivity contribution is -0.132. The van der Waals surface area contributed by atoms with Gasteiger partial charge in [-0.05, 0) is 51.8 Å². The molecule has 1 aliphatic carbocycles. The van der Waals surface area contributed by atoms with Crippen LogP contribution in [-0.4, -0.2) is 62.2 Å². The highest BCUT2D eigenvalue weighted by Gasteiger charge is 2.40. The number of nitrogens with one attached hydrogen (secondary N) is 1. The first-order valence-electron chi connectivity index (χ1n) is 10.5. The van der Waals surface area contributed by atoms with E-state index in [0.29, 0.717) is 13.1 Å². The number of benzene rings is 1. The van der Waals surface area contributed by atoms with Gasteiger partial charge in [0.05, 0.1) is 17.8 Å². The Kier molecular flexibility index (Phi) is 4.38. The lowest BCUT2D eigenvalue weighted by atomic mass is 10.1. The topological polar surface area (TPSA) is 87.2 Å². The number of hydrogen-bond acceptors (Lipinski definition) is 6. The summed E-state index contributed by atoms with van der Waals surface area (Å²) in [7, 11) is 0. The summed E-state index contributed by atoms with van der Waals surface area (Å²) in [6.07, 6.45) is 3.71. The van der Waals surface area contributed by atoms with E-state index in [1.54, 1.807) is 0 Å². The first kappa shape index (κ1) is 18.8. The maximum absolute atomic E-state index is 12.5. The third kappa shape index (κ3) is 3.46. The van der Waals surface area contributed by atoms with E-state index in [9.17, 15) is 4.79 Å². The highest BCUT2D eigenvalue weighted by molar-refractivity contribution is 5.93. The van der Waals surface area contributed by atoms with E-state index in [2.05, 4.69) is 27.1 Å². The van der Waals surface area contributed by atoms with Crippen molar-refractivity contribution in [2.75, 3.05) is 24.5 Å². The number of nitrogens with zero attached hydrogens (tertiary/aromatic N) is 5. The molecular formula is C22H26N6O2. The first-order chi connectivity index (χ1) is 14.4. The summed E-state index contributed by atoms with van der Waals surface area (Å²) in [6.45, 7) is 7.98. The maximum Gasteiger partial charge on any atom is 0.242 e. The Bertz CT molecular complexity index is 1100. The van der Waals surface area contributed by atoms with Crippen molar-refractivity contribution in [2.24, 2.45) is 0 Å². The number of H-pyrrole nitrogens is 1. The molecule has 1 N–H and O–H groups in total. The van der Waals surface area contributed by atoms with Gasteiger partial charge in [-0.25, -0.2) is 9.97 Å². The standard InChI is InChI=1S/C22H26N6O2/c1-14(2)28-9-8-27(12-20(28)29)19-11-18(23-13-24-19)21-16-10-15(30-22(3)6-7-22)4-5-17(16)25-26-21/h4-5,10-11,13-14H,6-9,12H2,1-3H3,(H,25,26). The Hall–Kier alpha value is -3.16. The SMILES string of the molecule is CC(C)N1CCN(c2cc(-c3n[nH]c4ccc(OC5(C)CC5)cc34)ncn2)CC1=O. The van der Waals surface area contributed by atoms with Gasteiger partial charge in [-0.2, -0.15) is 5.10 Å². The lowest BCUT2D eigenvalue weighted by Gasteiger charge is -2.37. The molecule has 1 amide bonds. The molecule has 1 aliphatic heterocycles. The van der Waals surface area contributed by atoms with Gasteiger partial charge < -0.3 is 14.5 Å². The van der Waals surface area contributed by atoms with E-state index in [1.807, 2.05) is 47.9 Å². The van der Waals surface area contributed by atoms with Crippen LogP contribution in [0.15, 0.2) is 30.6 Å². The van der Waals surface area contributed by atoms with Gasteiger partial charge >= 0.3 is 0 Å². The van der Waals surface area contributed by atoms with Crippen molar-refractivity contribution in [3.63, 3.8) is 0 Å². The predicted molar refractivity (Wildman–Crippen MR) is 114 cm³/mol. The number of aromatic nitrogens is 4. The molecular weight excluding hydrogens is 380 g/mol. The van der Waals surface area contributed by atoms with E-state index in [-0.39, 0.29) is 17.6 Å². The number of anilines is 1. The van der Waals surface area contributed by atoms with Crippen LogP contribution in [0.1, 0.15) is 33.6 Å². The van der Waals surface area contributed by atoms with Gasteiger partial charge in [0.2, 0.25) is 5.91 Å². The Morgan fingerprint density at radius 2 is 2.00 bits per heavy atom. The van der Waals surface area contributed by atoms with Gasteiger partial charge in [0.25, 0.3) is 0 Å². The van der Waals surface area contributed by atoms with Crippen LogP contribution in [0.3, 0.4) is 0 Å². The molecule has 2 fully saturated rings. The average Bonchev–Trinajstić information content (AvgIpc) is 3.30. The number of piperazine rings is 1. The zero-order valence-electron chi connectivity index (χ0n) is 17.6. The molecule has 2 aliphatic rings. The summed E-state index contributed by atoms with van der Waals surface area (Å²) in [5.74, 6) is 1.71. The number of ether oxygens (including phenoxy) is 1. The van der Waals surface area contributed by atoms with E-state index in [1.165, 1.54) is 6.33 Å². The van der Waals surface area contributed by atoms with Crippen LogP contribution >= 0.6 is 0 Å². The molecule has 5 rings (SSSR count). The predicted octanol–water partition coefficient (Wildman–Crippen LogP) is 3.01. The second-order valence-electron chi connectivity index (χ2n) is 8.70. The van der Waals surface area contributed by atoms with Crippen LogP contribution in [0.5, 0.6) is 5.75 Å². The fourth-order valence-electron chi connectivity index (χ4n) is 3.89. The minimum atomic E-state index is -0.0374. The van der Waals surface area contributed by atoms with Crippen molar-refractivity contribution in [3.05, 3.63) is 30.6 Å². The monoisotopic (exact) mass is 406 g/mol. The van der Waals surface area contributed by atoms with Gasteiger partial charge in [-0.3, -0.25) is 9.89 Å². The van der Waals surface area contributed by atoms with Crippen molar-refractivity contribution in [3.8, 4) is 17.1 Å². The first-order valence-corrected chi connectivity index (χ1v) is 10.5. The van der Waals surface area contributed by atoms with E-state index in [0.717, 1.165) is 53.2 Å². The molecule has 30 heavy (non-hydrogen) atoms. The van der Waals surface area contributed by atoms with Crippen LogP contribution in [0, 0.1) is 0 Å². The van der Waals surface area contributed by atoms with Crippen molar-refractivity contribution in [2.45, 2.75) is 45.3 Å². The van der Waals surface area contributed by atoms with Gasteiger partial charge in [0.1, 0.15) is 29.2 Å². The smallest absolute Gasteiger partial charge is 0.242 e. The summed E-state index contributed by atoms with van der Waals surface area (Å²) >= 11 is 0. The number of carbonyl (C=O) groups is 1. The van der Waals surface area contributed by atoms with Crippen LogP contribution in [0.4, 0.5) is 5.82 Å². The Morgan fingerprint density at radius 3 is 2.73 bits per heavy atom. The molecule has 0 radical (unpaired) electrons. The Labute approximate surface area is 175 Å². The molecule has 0 atom stereocenters. The number of rotatable bonds is 5. The third-order valence-corrected chi connectivity index (χ3v) is 5.95. The molecule has 1 saturated carbocycles. The van der Waals surface area contributed by atoms with Crippen LogP contribution < -0.4 is 9.64 Å². The van der Waals surface area contributed by atoms with Gasteiger partial charge in [0, 0.05) is 30.6 Å². The van der Waals surface area contributed by atoms with E-state index in [4.69, 9.17) is 4.74 Å². The highest BCUT2D eigenvalue weighted by Crippen LogP contribution is 2.40. The summed E-state index contributed by atoms with van der Waals surface area (Å²) in [6, 6.07) is 8.09. The van der Waals surface area contributed by atoms with Crippen LogP contribution in [-0.2, 0) is 4.79 Å². The van der Waals surface area contributed by atoms with Gasteiger partial charge in [0.15, 0.2) is 0 Å². The molecule has 0 spiro atoms. The minimum Gasteiger partial charge on any atom is -0.488 e. The molecule has 3 heterocycles. The molecule has 1 saturated heterocycles. The van der Waals surface area contributed by atoms with Crippen molar-refractivity contribution in [1.29, 1.82) is 0 Å². The average molecular weight is 406 g/mol. The van der Waals surface area contributed by atoms with Crippen LogP contribution in [0.2, 0.25) is 0 Å². The number of amides is 1. The van der Waals surface area contributed by atoms with E-state index < -0.39 is 0 Å². The van der Waals surface area contributed by atoms with Gasteiger partial charge in [-0.15, -0.1) is 0 Å². The highest BCUT2D eigenvalue weighted by atomic mass is 16.5. The second-order valence-corrected chi connectivity index (χ2v) is 8.70. The molecule has 1 aromatic carbocycles. The molecule has 3 aromatic rings. The fraction of sp³-hybridized carbons (Fsp3) is 0.455. The number of aromatic amines is 1. The summed E-state index contributed by atoms with van der Waals surface area (Å²) in [5.41, 5.74) is 2.37. The third-order valence-electron chi connectivity index (χ3n) is 5.95. The van der Waals surface area contributed by atoms with Crippen LogP contribution in [0.25, 0.3) is 22.3 Å². The van der Waals surface area contributed by atoms with Crippen molar-refractivity contribution >= 4 is 22.6 Å². The largest absolute Gasteiger partial charge is 0.488 e. The summed E-state index contributed by atoms with van der Waals surface area (Å²) in [5, 5.41) is 8.53.